The summed E-state index contributed by atoms with van der Waals surface area (Å²) in [5.41, 5.74) is 8.39. The molecule has 22 heavy (non-hydrogen) atoms. The van der Waals surface area contributed by atoms with Crippen molar-refractivity contribution in [3.8, 4) is 0 Å². The lowest BCUT2D eigenvalue weighted by Crippen LogP contribution is -2.48. The molecule has 0 aliphatic carbocycles. The predicted octanol–water partition coefficient (Wildman–Crippen LogP) is 1.95. The molecule has 1 aromatic heterocycles. The first kappa shape index (κ1) is 15.0. The minimum absolute atomic E-state index is 0.324. The normalized spacial score (nSPS) is 17.4. The van der Waals surface area contributed by atoms with Crippen LogP contribution in [0.1, 0.15) is 11.6 Å². The number of rotatable bonds is 5. The van der Waals surface area contributed by atoms with Crippen molar-refractivity contribution in [2.24, 2.45) is 5.73 Å². The quantitative estimate of drug-likeness (QED) is 0.916. The molecule has 0 saturated carbocycles. The van der Waals surface area contributed by atoms with E-state index in [0.29, 0.717) is 12.5 Å². The average Bonchev–Trinajstić information content (AvgIpc) is 2.62. The lowest BCUT2D eigenvalue weighted by molar-refractivity contribution is 0.242. The largest absolute Gasteiger partial charge is 0.369 e. The SMILES string of the molecule is NCC(CN1CCN(c2ccccc2)CC1)c1ccccn1. The molecule has 1 atom stereocenters. The van der Waals surface area contributed by atoms with E-state index in [0.717, 1.165) is 38.4 Å². The Morgan fingerprint density at radius 3 is 2.32 bits per heavy atom. The number of nitrogens with zero attached hydrogens (tertiary/aromatic N) is 3. The molecule has 0 bridgehead atoms. The highest BCUT2D eigenvalue weighted by molar-refractivity contribution is 5.46. The van der Waals surface area contributed by atoms with Gasteiger partial charge in [0.25, 0.3) is 0 Å². The number of benzene rings is 1. The second-order valence-corrected chi connectivity index (χ2v) is 5.81. The first-order chi connectivity index (χ1) is 10.9. The molecular formula is C18H24N4. The summed E-state index contributed by atoms with van der Waals surface area (Å²) >= 11 is 0. The Labute approximate surface area is 132 Å². The van der Waals surface area contributed by atoms with Crippen molar-refractivity contribution < 1.29 is 0 Å². The van der Waals surface area contributed by atoms with Crippen LogP contribution in [0.2, 0.25) is 0 Å². The fourth-order valence-electron chi connectivity index (χ4n) is 3.05. The monoisotopic (exact) mass is 296 g/mol. The molecule has 1 aromatic carbocycles. The third-order valence-electron chi connectivity index (χ3n) is 4.36. The topological polar surface area (TPSA) is 45.4 Å². The van der Waals surface area contributed by atoms with Gasteiger partial charge in [-0.2, -0.15) is 0 Å². The van der Waals surface area contributed by atoms with Crippen molar-refractivity contribution in [1.82, 2.24) is 9.88 Å². The molecule has 1 saturated heterocycles. The molecule has 1 aliphatic rings. The van der Waals surface area contributed by atoms with Gasteiger partial charge in [0.1, 0.15) is 0 Å². The number of pyridine rings is 1. The Kier molecular flexibility index (Phi) is 5.03. The Morgan fingerprint density at radius 1 is 0.955 bits per heavy atom. The molecule has 3 rings (SSSR count). The van der Waals surface area contributed by atoms with Crippen LogP contribution >= 0.6 is 0 Å². The van der Waals surface area contributed by atoms with E-state index >= 15 is 0 Å². The van der Waals surface area contributed by atoms with Crippen molar-refractivity contribution in [3.05, 3.63) is 60.4 Å². The lowest BCUT2D eigenvalue weighted by atomic mass is 10.0. The van der Waals surface area contributed by atoms with Gasteiger partial charge in [0.15, 0.2) is 0 Å². The summed E-state index contributed by atoms with van der Waals surface area (Å²) < 4.78 is 0. The van der Waals surface area contributed by atoms with Crippen LogP contribution in [0.15, 0.2) is 54.7 Å². The molecule has 1 aliphatic heterocycles. The maximum Gasteiger partial charge on any atom is 0.0459 e. The summed E-state index contributed by atoms with van der Waals surface area (Å²) in [4.78, 5) is 9.42. The van der Waals surface area contributed by atoms with Gasteiger partial charge in [-0.25, -0.2) is 0 Å². The van der Waals surface area contributed by atoms with E-state index in [9.17, 15) is 0 Å². The van der Waals surface area contributed by atoms with Crippen molar-refractivity contribution in [2.45, 2.75) is 5.92 Å². The van der Waals surface area contributed by atoms with Gasteiger partial charge in [-0.1, -0.05) is 24.3 Å². The van der Waals surface area contributed by atoms with Crippen LogP contribution in [-0.2, 0) is 0 Å². The number of para-hydroxylation sites is 1. The maximum atomic E-state index is 5.96. The molecule has 0 radical (unpaired) electrons. The van der Waals surface area contributed by atoms with E-state index in [1.165, 1.54) is 5.69 Å². The number of hydrogen-bond donors (Lipinski definition) is 1. The second-order valence-electron chi connectivity index (χ2n) is 5.81. The van der Waals surface area contributed by atoms with Crippen molar-refractivity contribution in [1.29, 1.82) is 0 Å². The molecule has 116 valence electrons. The number of hydrogen-bond acceptors (Lipinski definition) is 4. The van der Waals surface area contributed by atoms with Crippen LogP contribution in [0.4, 0.5) is 5.69 Å². The standard InChI is InChI=1S/C18H24N4/c19-14-16(18-8-4-5-9-20-18)15-21-10-12-22(13-11-21)17-6-2-1-3-7-17/h1-9,16H,10-15,19H2. The zero-order valence-corrected chi connectivity index (χ0v) is 12.9. The zero-order valence-electron chi connectivity index (χ0n) is 12.9. The minimum Gasteiger partial charge on any atom is -0.369 e. The molecule has 4 heteroatoms. The van der Waals surface area contributed by atoms with Crippen LogP contribution in [0.5, 0.6) is 0 Å². The highest BCUT2D eigenvalue weighted by atomic mass is 15.3. The van der Waals surface area contributed by atoms with E-state index in [1.54, 1.807) is 0 Å². The van der Waals surface area contributed by atoms with Crippen molar-refractivity contribution in [3.63, 3.8) is 0 Å². The third-order valence-corrected chi connectivity index (χ3v) is 4.36. The fourth-order valence-corrected chi connectivity index (χ4v) is 3.05. The maximum absolute atomic E-state index is 5.96. The van der Waals surface area contributed by atoms with Gasteiger partial charge < -0.3 is 10.6 Å². The number of piperazine rings is 1. The Bertz CT molecular complexity index is 550. The summed E-state index contributed by atoms with van der Waals surface area (Å²) in [6.45, 7) is 5.95. The Balaban J connectivity index is 1.55. The number of nitrogens with two attached hydrogens (primary N) is 1. The molecule has 2 N–H and O–H groups in total. The van der Waals surface area contributed by atoms with Gasteiger partial charge in [0.05, 0.1) is 0 Å². The molecule has 1 unspecified atom stereocenters. The summed E-state index contributed by atoms with van der Waals surface area (Å²) in [7, 11) is 0. The van der Waals surface area contributed by atoms with Crippen molar-refractivity contribution in [2.75, 3.05) is 44.2 Å². The summed E-state index contributed by atoms with van der Waals surface area (Å²) in [6.07, 6.45) is 1.85. The molecule has 4 nitrogen and oxygen atoms in total. The van der Waals surface area contributed by atoms with Gasteiger partial charge in [0, 0.05) is 62.8 Å². The molecule has 2 aromatic rings. The summed E-state index contributed by atoms with van der Waals surface area (Å²) in [5.74, 6) is 0.324. The first-order valence-electron chi connectivity index (χ1n) is 8.00. The van der Waals surface area contributed by atoms with E-state index < -0.39 is 0 Å². The van der Waals surface area contributed by atoms with Crippen LogP contribution in [-0.4, -0.2) is 49.2 Å². The highest BCUT2D eigenvalue weighted by Crippen LogP contribution is 2.18. The van der Waals surface area contributed by atoms with Gasteiger partial charge in [-0.05, 0) is 24.3 Å². The molecule has 0 amide bonds. The number of anilines is 1. The average molecular weight is 296 g/mol. The van der Waals surface area contributed by atoms with Gasteiger partial charge in [0.2, 0.25) is 0 Å². The van der Waals surface area contributed by atoms with E-state index in [-0.39, 0.29) is 0 Å². The minimum atomic E-state index is 0.324. The predicted molar refractivity (Wildman–Crippen MR) is 91.1 cm³/mol. The molecular weight excluding hydrogens is 272 g/mol. The molecule has 0 spiro atoms. The van der Waals surface area contributed by atoms with Crippen LogP contribution in [0.25, 0.3) is 0 Å². The van der Waals surface area contributed by atoms with Crippen LogP contribution in [0, 0.1) is 0 Å². The smallest absolute Gasteiger partial charge is 0.0459 e. The van der Waals surface area contributed by atoms with Crippen LogP contribution in [0.3, 0.4) is 0 Å². The summed E-state index contributed by atoms with van der Waals surface area (Å²) in [6, 6.07) is 16.7. The van der Waals surface area contributed by atoms with E-state index in [1.807, 2.05) is 18.3 Å². The highest BCUT2D eigenvalue weighted by Gasteiger charge is 2.21. The van der Waals surface area contributed by atoms with E-state index in [2.05, 4.69) is 51.2 Å². The van der Waals surface area contributed by atoms with E-state index in [4.69, 9.17) is 5.73 Å². The Morgan fingerprint density at radius 2 is 1.68 bits per heavy atom. The third kappa shape index (κ3) is 3.64. The Hall–Kier alpha value is -1.91. The second kappa shape index (κ2) is 7.38. The van der Waals surface area contributed by atoms with Gasteiger partial charge in [-0.15, -0.1) is 0 Å². The zero-order chi connectivity index (χ0) is 15.2. The van der Waals surface area contributed by atoms with Gasteiger partial charge in [-0.3, -0.25) is 9.88 Å². The molecule has 1 fully saturated rings. The van der Waals surface area contributed by atoms with Gasteiger partial charge >= 0.3 is 0 Å². The summed E-state index contributed by atoms with van der Waals surface area (Å²) in [5, 5.41) is 0. The van der Waals surface area contributed by atoms with Crippen LogP contribution < -0.4 is 10.6 Å². The van der Waals surface area contributed by atoms with Crippen molar-refractivity contribution >= 4 is 5.69 Å². The first-order valence-corrected chi connectivity index (χ1v) is 8.00. The lowest BCUT2D eigenvalue weighted by Gasteiger charge is -2.37. The number of aromatic nitrogens is 1. The fraction of sp³-hybridized carbons (Fsp3) is 0.389. The molecule has 2 heterocycles.